The van der Waals surface area contributed by atoms with Crippen molar-refractivity contribution in [3.8, 4) is 5.75 Å². The standard InChI is InChI=1S/C19H21F3N2O6/c1-5-8(2)6-18(23,17(27)28)12-13(24-16(26)19(20,21)22)11-10(7-30-15(11)25)9(3)14(12)29-4/h5H,6-7,23H2,1-4H3,(H,24,26)(H,27,28). The molecule has 0 spiro atoms. The number of carbonyl (C=O) groups excluding carboxylic acids is 2. The van der Waals surface area contributed by atoms with E-state index in [1.807, 2.05) is 0 Å². The predicted octanol–water partition coefficient (Wildman–Crippen LogP) is 2.77. The minimum absolute atomic E-state index is 0.154. The molecule has 1 aromatic carbocycles. The van der Waals surface area contributed by atoms with Gasteiger partial charge < -0.3 is 25.6 Å². The number of carbonyl (C=O) groups is 3. The molecule has 8 nitrogen and oxygen atoms in total. The van der Waals surface area contributed by atoms with Gasteiger partial charge in [-0.1, -0.05) is 11.6 Å². The number of benzene rings is 1. The Bertz CT molecular complexity index is 955. The lowest BCUT2D eigenvalue weighted by Crippen LogP contribution is -2.47. The average Bonchev–Trinajstić information content (AvgIpc) is 3.04. The molecule has 0 bridgehead atoms. The zero-order valence-electron chi connectivity index (χ0n) is 16.7. The van der Waals surface area contributed by atoms with Crippen molar-refractivity contribution in [1.82, 2.24) is 0 Å². The van der Waals surface area contributed by atoms with Crippen molar-refractivity contribution in [2.75, 3.05) is 12.4 Å². The molecule has 11 heteroatoms. The molecule has 1 aliphatic rings. The Morgan fingerprint density at radius 2 is 1.97 bits per heavy atom. The number of nitrogens with one attached hydrogen (secondary N) is 1. The Morgan fingerprint density at radius 3 is 2.43 bits per heavy atom. The van der Waals surface area contributed by atoms with Gasteiger partial charge >= 0.3 is 24.0 Å². The summed E-state index contributed by atoms with van der Waals surface area (Å²) in [6, 6.07) is 0. The van der Waals surface area contributed by atoms with E-state index in [2.05, 4.69) is 0 Å². The van der Waals surface area contributed by atoms with Crippen molar-refractivity contribution in [2.24, 2.45) is 5.73 Å². The lowest BCUT2D eigenvalue weighted by atomic mass is 9.80. The molecule has 0 saturated heterocycles. The van der Waals surface area contributed by atoms with Crippen LogP contribution in [0.4, 0.5) is 18.9 Å². The van der Waals surface area contributed by atoms with Gasteiger partial charge in [0.1, 0.15) is 17.9 Å². The molecule has 0 saturated carbocycles. The fraction of sp³-hybridized carbons (Fsp3) is 0.421. The number of alkyl halides is 3. The first-order valence-electron chi connectivity index (χ1n) is 8.72. The first kappa shape index (κ1) is 23.2. The second-order valence-corrected chi connectivity index (χ2v) is 6.88. The van der Waals surface area contributed by atoms with Crippen LogP contribution in [0.5, 0.6) is 5.75 Å². The molecule has 1 aromatic rings. The van der Waals surface area contributed by atoms with Gasteiger partial charge in [-0.25, -0.2) is 9.59 Å². The van der Waals surface area contributed by atoms with Gasteiger partial charge in [0, 0.05) is 12.0 Å². The molecule has 2 rings (SSSR count). The van der Waals surface area contributed by atoms with Gasteiger partial charge in [-0.3, -0.25) is 4.79 Å². The van der Waals surface area contributed by atoms with Crippen LogP contribution in [-0.2, 0) is 26.5 Å². The summed E-state index contributed by atoms with van der Waals surface area (Å²) in [7, 11) is 1.18. The zero-order chi connectivity index (χ0) is 23.0. The van der Waals surface area contributed by atoms with E-state index in [0.29, 0.717) is 5.57 Å². The first-order chi connectivity index (χ1) is 13.8. The number of nitrogens with two attached hydrogens (primary N) is 1. The summed E-state index contributed by atoms with van der Waals surface area (Å²) in [4.78, 5) is 36.2. The number of carboxylic acids is 1. The van der Waals surface area contributed by atoms with Crippen molar-refractivity contribution in [1.29, 1.82) is 0 Å². The smallest absolute Gasteiger partial charge is 0.471 e. The summed E-state index contributed by atoms with van der Waals surface area (Å²) in [5, 5.41) is 11.5. The van der Waals surface area contributed by atoms with Gasteiger partial charge in [0.05, 0.1) is 23.9 Å². The number of carboxylic acid groups (broad SMARTS) is 1. The van der Waals surface area contributed by atoms with Crippen LogP contribution < -0.4 is 15.8 Å². The molecule has 1 amide bonds. The summed E-state index contributed by atoms with van der Waals surface area (Å²) >= 11 is 0. The lowest BCUT2D eigenvalue weighted by Gasteiger charge is -2.31. The Hall–Kier alpha value is -3.08. The average molecular weight is 430 g/mol. The number of amides is 1. The maximum absolute atomic E-state index is 13.0. The number of hydrogen-bond acceptors (Lipinski definition) is 6. The Kier molecular flexibility index (Phi) is 6.17. The van der Waals surface area contributed by atoms with Crippen LogP contribution in [0.3, 0.4) is 0 Å². The van der Waals surface area contributed by atoms with E-state index in [9.17, 15) is 32.7 Å². The maximum atomic E-state index is 13.0. The number of esters is 1. The van der Waals surface area contributed by atoms with Gasteiger partial charge in [-0.05, 0) is 26.3 Å². The van der Waals surface area contributed by atoms with E-state index in [0.717, 1.165) is 0 Å². The first-order valence-corrected chi connectivity index (χ1v) is 8.72. The third kappa shape index (κ3) is 3.84. The van der Waals surface area contributed by atoms with E-state index in [1.165, 1.54) is 14.0 Å². The van der Waals surface area contributed by atoms with E-state index in [1.54, 1.807) is 25.2 Å². The van der Waals surface area contributed by atoms with Crippen molar-refractivity contribution in [3.63, 3.8) is 0 Å². The van der Waals surface area contributed by atoms with Gasteiger partial charge in [-0.15, -0.1) is 0 Å². The molecule has 1 aliphatic heterocycles. The molecular formula is C19H21F3N2O6. The van der Waals surface area contributed by atoms with E-state index >= 15 is 0 Å². The summed E-state index contributed by atoms with van der Waals surface area (Å²) in [6.07, 6.45) is -4.04. The van der Waals surface area contributed by atoms with Gasteiger partial charge in [-0.2, -0.15) is 13.2 Å². The topological polar surface area (TPSA) is 128 Å². The van der Waals surface area contributed by atoms with Crippen LogP contribution >= 0.6 is 0 Å². The molecule has 164 valence electrons. The minimum atomic E-state index is -5.30. The Labute approximate surface area is 169 Å². The zero-order valence-corrected chi connectivity index (χ0v) is 16.7. The third-order valence-corrected chi connectivity index (χ3v) is 4.95. The fourth-order valence-corrected chi connectivity index (χ4v) is 3.32. The summed E-state index contributed by atoms with van der Waals surface area (Å²) < 4.78 is 49.2. The second kappa shape index (κ2) is 7.98. The highest BCUT2D eigenvalue weighted by atomic mass is 19.4. The number of anilines is 1. The van der Waals surface area contributed by atoms with Crippen LogP contribution in [0.25, 0.3) is 0 Å². The molecular weight excluding hydrogens is 409 g/mol. The number of aliphatic carboxylic acids is 1. The molecule has 1 heterocycles. The molecule has 1 unspecified atom stereocenters. The monoisotopic (exact) mass is 430 g/mol. The van der Waals surface area contributed by atoms with E-state index in [4.69, 9.17) is 15.2 Å². The SMILES string of the molecule is CC=C(C)CC(N)(C(=O)O)c1c(NC(=O)C(F)(F)F)c2c(c(C)c1OC)COC2=O. The molecule has 4 N–H and O–H groups in total. The van der Waals surface area contributed by atoms with Gasteiger partial charge in [0.2, 0.25) is 0 Å². The van der Waals surface area contributed by atoms with Crippen molar-refractivity contribution >= 4 is 23.5 Å². The highest BCUT2D eigenvalue weighted by molar-refractivity contribution is 6.08. The Balaban J connectivity index is 2.97. The Morgan fingerprint density at radius 1 is 1.37 bits per heavy atom. The second-order valence-electron chi connectivity index (χ2n) is 6.88. The number of ether oxygens (including phenoxy) is 2. The van der Waals surface area contributed by atoms with Crippen molar-refractivity contribution in [3.05, 3.63) is 33.9 Å². The molecule has 0 aliphatic carbocycles. The maximum Gasteiger partial charge on any atom is 0.471 e. The number of fused-ring (bicyclic) bond motifs is 1. The highest BCUT2D eigenvalue weighted by Gasteiger charge is 2.47. The highest BCUT2D eigenvalue weighted by Crippen LogP contribution is 2.47. The van der Waals surface area contributed by atoms with Crippen LogP contribution in [0.1, 0.15) is 47.3 Å². The number of hydrogen-bond donors (Lipinski definition) is 3. The van der Waals surface area contributed by atoms with Crippen molar-refractivity contribution in [2.45, 2.75) is 45.5 Å². The van der Waals surface area contributed by atoms with Crippen LogP contribution in [0.15, 0.2) is 11.6 Å². The quantitative estimate of drug-likeness (QED) is 0.468. The molecule has 0 fully saturated rings. The molecule has 30 heavy (non-hydrogen) atoms. The number of methoxy groups -OCH3 is 1. The van der Waals surface area contributed by atoms with Crippen LogP contribution in [0, 0.1) is 6.92 Å². The summed E-state index contributed by atoms with van der Waals surface area (Å²) in [6.45, 7) is 4.43. The normalized spacial score (nSPS) is 15.9. The van der Waals surface area contributed by atoms with Crippen LogP contribution in [-0.4, -0.2) is 36.2 Å². The fourth-order valence-electron chi connectivity index (χ4n) is 3.32. The van der Waals surface area contributed by atoms with Crippen LogP contribution in [0.2, 0.25) is 0 Å². The van der Waals surface area contributed by atoms with E-state index < -0.39 is 40.8 Å². The number of halogens is 3. The van der Waals surface area contributed by atoms with Crippen molar-refractivity contribution < 1.29 is 42.1 Å². The molecule has 0 radical (unpaired) electrons. The summed E-state index contributed by atoms with van der Waals surface area (Å²) in [5.74, 6) is -5.15. The number of cyclic esters (lactones) is 1. The predicted molar refractivity (Wildman–Crippen MR) is 99.1 cm³/mol. The lowest BCUT2D eigenvalue weighted by molar-refractivity contribution is -0.167. The van der Waals surface area contributed by atoms with Gasteiger partial charge in [0.25, 0.3) is 0 Å². The summed E-state index contributed by atoms with van der Waals surface area (Å²) in [5.41, 5.74) is 3.32. The molecule has 0 aromatic heterocycles. The van der Waals surface area contributed by atoms with Gasteiger partial charge in [0.15, 0.2) is 0 Å². The number of allylic oxidation sites excluding steroid dienone is 1. The number of rotatable bonds is 6. The van der Waals surface area contributed by atoms with E-state index in [-0.39, 0.29) is 35.5 Å². The largest absolute Gasteiger partial charge is 0.496 e. The third-order valence-electron chi connectivity index (χ3n) is 4.95. The minimum Gasteiger partial charge on any atom is -0.496 e. The molecule has 1 atom stereocenters.